The second kappa shape index (κ2) is 6.13. The van der Waals surface area contributed by atoms with Crippen LogP contribution in [0.5, 0.6) is 0 Å². The SMILES string of the molecule is CCC1NC(=O)C(CC)N(CCSC)C1=O. The van der Waals surface area contributed by atoms with Crippen molar-refractivity contribution >= 4 is 23.6 Å². The van der Waals surface area contributed by atoms with Gasteiger partial charge in [0, 0.05) is 12.3 Å². The number of hydrogen-bond acceptors (Lipinski definition) is 3. The summed E-state index contributed by atoms with van der Waals surface area (Å²) in [6.45, 7) is 4.53. The van der Waals surface area contributed by atoms with Gasteiger partial charge in [-0.15, -0.1) is 0 Å². The molecule has 92 valence electrons. The van der Waals surface area contributed by atoms with Gasteiger partial charge < -0.3 is 10.2 Å². The third-order valence-corrected chi connectivity index (χ3v) is 3.50. The van der Waals surface area contributed by atoms with Crippen molar-refractivity contribution in [2.45, 2.75) is 38.8 Å². The van der Waals surface area contributed by atoms with Crippen LogP contribution in [0.4, 0.5) is 0 Å². The predicted molar refractivity (Wildman–Crippen MR) is 66.4 cm³/mol. The van der Waals surface area contributed by atoms with Crippen LogP contribution in [0.2, 0.25) is 0 Å². The van der Waals surface area contributed by atoms with Crippen molar-refractivity contribution < 1.29 is 9.59 Å². The van der Waals surface area contributed by atoms with Crippen LogP contribution in [0, 0.1) is 0 Å². The van der Waals surface area contributed by atoms with Crippen LogP contribution in [0.15, 0.2) is 0 Å². The van der Waals surface area contributed by atoms with Crippen molar-refractivity contribution in [2.75, 3.05) is 18.6 Å². The normalized spacial score (nSPS) is 25.8. The van der Waals surface area contributed by atoms with Crippen LogP contribution in [-0.2, 0) is 9.59 Å². The average Bonchev–Trinajstić information content (AvgIpc) is 2.29. The van der Waals surface area contributed by atoms with Gasteiger partial charge in [-0.1, -0.05) is 13.8 Å². The summed E-state index contributed by atoms with van der Waals surface area (Å²) in [6, 6.07) is -0.598. The largest absolute Gasteiger partial charge is 0.343 e. The zero-order valence-corrected chi connectivity index (χ0v) is 11.0. The van der Waals surface area contributed by atoms with E-state index in [4.69, 9.17) is 0 Å². The lowest BCUT2D eigenvalue weighted by Crippen LogP contribution is -2.63. The Labute approximate surface area is 101 Å². The Balaban J connectivity index is 2.78. The van der Waals surface area contributed by atoms with E-state index in [1.807, 2.05) is 20.1 Å². The minimum absolute atomic E-state index is 0.00458. The molecule has 1 aliphatic heterocycles. The molecule has 1 N–H and O–H groups in total. The summed E-state index contributed by atoms with van der Waals surface area (Å²) in [5, 5.41) is 2.79. The fourth-order valence-electron chi connectivity index (χ4n) is 1.96. The van der Waals surface area contributed by atoms with Crippen LogP contribution in [0.3, 0.4) is 0 Å². The van der Waals surface area contributed by atoms with Crippen LogP contribution >= 0.6 is 11.8 Å². The Morgan fingerprint density at radius 1 is 1.31 bits per heavy atom. The molecule has 1 rings (SSSR count). The van der Waals surface area contributed by atoms with Gasteiger partial charge in [-0.2, -0.15) is 11.8 Å². The van der Waals surface area contributed by atoms with E-state index in [1.54, 1.807) is 16.7 Å². The Morgan fingerprint density at radius 2 is 2.00 bits per heavy atom. The van der Waals surface area contributed by atoms with E-state index < -0.39 is 0 Å². The first-order valence-corrected chi connectivity index (χ1v) is 7.14. The summed E-state index contributed by atoms with van der Waals surface area (Å²) in [4.78, 5) is 25.6. The molecule has 1 fully saturated rings. The summed E-state index contributed by atoms with van der Waals surface area (Å²) >= 11 is 1.69. The second-order valence-electron chi connectivity index (χ2n) is 3.92. The zero-order chi connectivity index (χ0) is 12.1. The molecule has 0 spiro atoms. The first kappa shape index (κ1) is 13.4. The molecule has 2 amide bonds. The molecule has 0 bridgehead atoms. The molecule has 0 radical (unpaired) electrons. The molecule has 2 unspecified atom stereocenters. The number of carbonyl (C=O) groups is 2. The number of rotatable bonds is 5. The highest BCUT2D eigenvalue weighted by Crippen LogP contribution is 2.15. The highest BCUT2D eigenvalue weighted by Gasteiger charge is 2.38. The van der Waals surface area contributed by atoms with E-state index in [2.05, 4.69) is 5.32 Å². The van der Waals surface area contributed by atoms with Crippen molar-refractivity contribution in [3.05, 3.63) is 0 Å². The highest BCUT2D eigenvalue weighted by molar-refractivity contribution is 7.98. The molecular weight excluding hydrogens is 224 g/mol. The zero-order valence-electron chi connectivity index (χ0n) is 10.2. The summed E-state index contributed by atoms with van der Waals surface area (Å²) < 4.78 is 0. The lowest BCUT2D eigenvalue weighted by atomic mass is 10.0. The van der Waals surface area contributed by atoms with Crippen LogP contribution in [-0.4, -0.2) is 47.4 Å². The average molecular weight is 244 g/mol. The minimum Gasteiger partial charge on any atom is -0.343 e. The molecule has 0 saturated carbocycles. The highest BCUT2D eigenvalue weighted by atomic mass is 32.2. The number of piperazine rings is 1. The second-order valence-corrected chi connectivity index (χ2v) is 4.90. The molecule has 4 nitrogen and oxygen atoms in total. The molecule has 1 saturated heterocycles. The minimum atomic E-state index is -0.322. The van der Waals surface area contributed by atoms with Gasteiger partial charge in [0.25, 0.3) is 0 Å². The summed E-state index contributed by atoms with van der Waals surface area (Å²) in [5.74, 6) is 0.949. The maximum absolute atomic E-state index is 12.1. The lowest BCUT2D eigenvalue weighted by Gasteiger charge is -2.38. The number of thioether (sulfide) groups is 1. The van der Waals surface area contributed by atoms with E-state index in [9.17, 15) is 9.59 Å². The Hall–Kier alpha value is -0.710. The van der Waals surface area contributed by atoms with Crippen LogP contribution in [0.1, 0.15) is 26.7 Å². The van der Waals surface area contributed by atoms with Gasteiger partial charge in [0.15, 0.2) is 0 Å². The molecule has 5 heteroatoms. The van der Waals surface area contributed by atoms with Crippen molar-refractivity contribution in [1.82, 2.24) is 10.2 Å². The number of carbonyl (C=O) groups excluding carboxylic acids is 2. The summed E-state index contributed by atoms with van der Waals surface area (Å²) in [7, 11) is 0. The van der Waals surface area contributed by atoms with Crippen LogP contribution in [0.25, 0.3) is 0 Å². The van der Waals surface area contributed by atoms with Gasteiger partial charge in [-0.3, -0.25) is 9.59 Å². The lowest BCUT2D eigenvalue weighted by molar-refractivity contribution is -0.149. The smallest absolute Gasteiger partial charge is 0.245 e. The fraction of sp³-hybridized carbons (Fsp3) is 0.818. The summed E-state index contributed by atoms with van der Waals surface area (Å²) in [6.07, 6.45) is 3.35. The van der Waals surface area contributed by atoms with E-state index >= 15 is 0 Å². The van der Waals surface area contributed by atoms with E-state index in [0.29, 0.717) is 19.4 Å². The van der Waals surface area contributed by atoms with Crippen LogP contribution < -0.4 is 5.32 Å². The third-order valence-electron chi connectivity index (χ3n) is 2.91. The Kier molecular flexibility index (Phi) is 5.12. The first-order chi connectivity index (χ1) is 7.65. The molecule has 0 aromatic heterocycles. The Bertz CT molecular complexity index is 271. The molecule has 0 aromatic carbocycles. The maximum Gasteiger partial charge on any atom is 0.245 e. The Morgan fingerprint density at radius 3 is 2.50 bits per heavy atom. The number of hydrogen-bond donors (Lipinski definition) is 1. The molecule has 1 aliphatic rings. The third kappa shape index (κ3) is 2.70. The number of nitrogens with zero attached hydrogens (tertiary/aromatic N) is 1. The van der Waals surface area contributed by atoms with Gasteiger partial charge in [0.1, 0.15) is 12.1 Å². The van der Waals surface area contributed by atoms with Crippen molar-refractivity contribution in [2.24, 2.45) is 0 Å². The number of nitrogens with one attached hydrogen (secondary N) is 1. The van der Waals surface area contributed by atoms with E-state index in [-0.39, 0.29) is 23.9 Å². The topological polar surface area (TPSA) is 49.4 Å². The molecule has 1 heterocycles. The van der Waals surface area contributed by atoms with Gasteiger partial charge in [0.2, 0.25) is 11.8 Å². The fourth-order valence-corrected chi connectivity index (χ4v) is 2.34. The molecule has 0 aliphatic carbocycles. The monoisotopic (exact) mass is 244 g/mol. The summed E-state index contributed by atoms with van der Waals surface area (Å²) in [5.41, 5.74) is 0. The molecule has 16 heavy (non-hydrogen) atoms. The maximum atomic E-state index is 12.1. The van der Waals surface area contributed by atoms with Gasteiger partial charge in [0.05, 0.1) is 0 Å². The molecular formula is C11H20N2O2S. The predicted octanol–water partition coefficient (Wildman–Crippen LogP) is 0.865. The first-order valence-electron chi connectivity index (χ1n) is 5.75. The molecule has 2 atom stereocenters. The number of amides is 2. The van der Waals surface area contributed by atoms with Crippen molar-refractivity contribution in [1.29, 1.82) is 0 Å². The van der Waals surface area contributed by atoms with E-state index in [1.165, 1.54) is 0 Å². The standard InChI is InChI=1S/C11H20N2O2S/c1-4-8-11(15)13(6-7-16-3)9(5-2)10(14)12-8/h8-9H,4-7H2,1-3H3,(H,12,14). The van der Waals surface area contributed by atoms with Gasteiger partial charge in [-0.05, 0) is 19.1 Å². The quantitative estimate of drug-likeness (QED) is 0.780. The van der Waals surface area contributed by atoms with E-state index in [0.717, 1.165) is 5.75 Å². The van der Waals surface area contributed by atoms with Crippen molar-refractivity contribution in [3.8, 4) is 0 Å². The van der Waals surface area contributed by atoms with Gasteiger partial charge in [-0.25, -0.2) is 0 Å². The molecule has 0 aromatic rings. The van der Waals surface area contributed by atoms with Crippen molar-refractivity contribution in [3.63, 3.8) is 0 Å². The van der Waals surface area contributed by atoms with Gasteiger partial charge >= 0.3 is 0 Å².